The summed E-state index contributed by atoms with van der Waals surface area (Å²) in [5, 5.41) is -7.00. The van der Waals surface area contributed by atoms with Crippen LogP contribution < -0.4 is 4.57 Å². The molecule has 1 aromatic rings. The highest BCUT2D eigenvalue weighted by molar-refractivity contribution is 7.86. The Bertz CT molecular complexity index is 816. The zero-order valence-electron chi connectivity index (χ0n) is 14.1. The number of halogens is 10. The highest BCUT2D eigenvalue weighted by Gasteiger charge is 2.87. The molecular formula is C11H11F10N3O4S. The van der Waals surface area contributed by atoms with Gasteiger partial charge in [-0.15, -0.1) is 0 Å². The maximum absolute atomic E-state index is 12.9. The number of imidazole rings is 1. The lowest BCUT2D eigenvalue weighted by atomic mass is 10.3. The van der Waals surface area contributed by atoms with Gasteiger partial charge in [0.15, 0.2) is 10.1 Å². The van der Waals surface area contributed by atoms with E-state index in [-0.39, 0.29) is 0 Å². The number of aromatic nitrogens is 2. The van der Waals surface area contributed by atoms with E-state index in [1.54, 1.807) is 4.74 Å². The smallest absolute Gasteiger partial charge is 0.439 e. The monoisotopic (exact) mass is 471 g/mol. The molecule has 0 amide bonds. The molecule has 0 aromatic carbocycles. The summed E-state index contributed by atoms with van der Waals surface area (Å²) in [4.78, 5) is -3.68. The minimum atomic E-state index is -7.48. The van der Waals surface area contributed by atoms with Gasteiger partial charge in [0.05, 0.1) is 13.6 Å². The van der Waals surface area contributed by atoms with Crippen molar-refractivity contribution in [2.45, 2.75) is 43.2 Å². The van der Waals surface area contributed by atoms with Crippen LogP contribution in [-0.2, 0) is 28.4 Å². The standard InChI is InChI=1S/C6H11N2.C5HF10NO4S/c1-3-8-5-4-7(2)6-8;6-1(7)3(10,11)20-4(12,13)2(8,9)16(1)5(14,15)21(17,18)19/h4-6H,3H2,1-2H3;(H,17,18,19)/q+1;/p-1. The van der Waals surface area contributed by atoms with E-state index in [2.05, 4.69) is 24.0 Å². The van der Waals surface area contributed by atoms with Gasteiger partial charge in [-0.3, -0.25) is 0 Å². The van der Waals surface area contributed by atoms with Crippen molar-refractivity contribution in [3.63, 3.8) is 0 Å². The molecule has 0 N–H and O–H groups in total. The van der Waals surface area contributed by atoms with Crippen LogP contribution in [0.25, 0.3) is 0 Å². The van der Waals surface area contributed by atoms with Crippen LogP contribution in [0.15, 0.2) is 18.7 Å². The predicted octanol–water partition coefficient (Wildman–Crippen LogP) is 2.12. The van der Waals surface area contributed by atoms with Gasteiger partial charge in [0, 0.05) is 0 Å². The zero-order valence-corrected chi connectivity index (χ0v) is 14.9. The molecule has 7 nitrogen and oxygen atoms in total. The Hall–Kier alpha value is -1.66. The molecule has 0 aliphatic carbocycles. The summed E-state index contributed by atoms with van der Waals surface area (Å²) < 4.78 is 163. The van der Waals surface area contributed by atoms with Gasteiger partial charge in [0.1, 0.15) is 12.4 Å². The predicted molar refractivity (Wildman–Crippen MR) is 68.6 cm³/mol. The summed E-state index contributed by atoms with van der Waals surface area (Å²) in [5.74, 6) is 0. The molecule has 0 saturated carbocycles. The summed E-state index contributed by atoms with van der Waals surface area (Å²) in [6.45, 7) is 3.18. The SMILES string of the molecule is CCn1cc[n+](C)c1.O=S(=O)([O-])C(F)(F)N1C(F)(F)C(F)(F)OC(F)(F)C1(F)F. The van der Waals surface area contributed by atoms with Gasteiger partial charge >= 0.3 is 29.7 Å². The van der Waals surface area contributed by atoms with Crippen LogP contribution in [0.1, 0.15) is 6.92 Å². The number of hydrogen-bond donors (Lipinski definition) is 0. The molecule has 1 aliphatic heterocycles. The van der Waals surface area contributed by atoms with Crippen molar-refractivity contribution in [2.24, 2.45) is 7.05 Å². The Morgan fingerprint density at radius 3 is 1.69 bits per heavy atom. The van der Waals surface area contributed by atoms with Gasteiger partial charge in [-0.1, -0.05) is 4.90 Å². The molecule has 29 heavy (non-hydrogen) atoms. The number of ether oxygens (including phenoxy) is 1. The van der Waals surface area contributed by atoms with Crippen LogP contribution in [0.5, 0.6) is 0 Å². The van der Waals surface area contributed by atoms with E-state index in [1.807, 2.05) is 17.8 Å². The van der Waals surface area contributed by atoms with Gasteiger partial charge in [0.2, 0.25) is 6.33 Å². The third-order valence-corrected chi connectivity index (χ3v) is 4.05. The Balaban J connectivity index is 0.000000436. The summed E-state index contributed by atoms with van der Waals surface area (Å²) >= 11 is 0. The summed E-state index contributed by atoms with van der Waals surface area (Å²) in [6.07, 6.45) is -7.18. The van der Waals surface area contributed by atoms with Crippen LogP contribution in [0.4, 0.5) is 43.9 Å². The largest absolute Gasteiger partial charge is 0.742 e. The van der Waals surface area contributed by atoms with Crippen LogP contribution in [0.2, 0.25) is 0 Å². The van der Waals surface area contributed by atoms with Crippen molar-refractivity contribution in [3.8, 4) is 0 Å². The van der Waals surface area contributed by atoms with Crippen molar-refractivity contribution in [1.82, 2.24) is 9.47 Å². The molecule has 0 spiro atoms. The lowest BCUT2D eigenvalue weighted by Crippen LogP contribution is -2.78. The van der Waals surface area contributed by atoms with E-state index >= 15 is 0 Å². The fourth-order valence-electron chi connectivity index (χ4n) is 1.85. The second-order valence-corrected chi connectivity index (χ2v) is 6.80. The van der Waals surface area contributed by atoms with E-state index in [4.69, 9.17) is 0 Å². The maximum Gasteiger partial charge on any atom is 0.439 e. The van der Waals surface area contributed by atoms with Gasteiger partial charge in [0.25, 0.3) is 0 Å². The van der Waals surface area contributed by atoms with Gasteiger partial charge in [-0.25, -0.2) is 22.3 Å². The van der Waals surface area contributed by atoms with Crippen molar-refractivity contribution in [3.05, 3.63) is 18.7 Å². The molecule has 2 heterocycles. The van der Waals surface area contributed by atoms with Gasteiger partial charge < -0.3 is 4.55 Å². The topological polar surface area (TPSA) is 78.5 Å². The molecule has 0 unspecified atom stereocenters. The number of rotatable bonds is 3. The Kier molecular flexibility index (Phi) is 6.33. The van der Waals surface area contributed by atoms with Crippen molar-refractivity contribution in [2.75, 3.05) is 0 Å². The van der Waals surface area contributed by atoms with E-state index < -0.39 is 44.7 Å². The quantitative estimate of drug-likeness (QED) is 0.292. The van der Waals surface area contributed by atoms with E-state index in [0.717, 1.165) is 6.54 Å². The average Bonchev–Trinajstić information content (AvgIpc) is 2.89. The second kappa shape index (κ2) is 7.24. The van der Waals surface area contributed by atoms with Crippen LogP contribution in [0, 0.1) is 0 Å². The van der Waals surface area contributed by atoms with E-state index in [0.29, 0.717) is 0 Å². The third-order valence-electron chi connectivity index (χ3n) is 3.27. The first-order valence-electron chi connectivity index (χ1n) is 7.01. The molecule has 1 aliphatic rings. The highest BCUT2D eigenvalue weighted by atomic mass is 32.2. The fraction of sp³-hybridized carbons (Fsp3) is 0.727. The lowest BCUT2D eigenvalue weighted by molar-refractivity contribution is -0.671. The van der Waals surface area contributed by atoms with E-state index in [1.165, 1.54) is 0 Å². The molecule has 1 saturated heterocycles. The molecule has 170 valence electrons. The molecule has 0 atom stereocenters. The molecule has 2 rings (SSSR count). The molecule has 0 bridgehead atoms. The van der Waals surface area contributed by atoms with Crippen molar-refractivity contribution >= 4 is 10.1 Å². The molecule has 18 heteroatoms. The Morgan fingerprint density at radius 2 is 1.45 bits per heavy atom. The minimum Gasteiger partial charge on any atom is -0.742 e. The number of nitrogens with zero attached hydrogens (tertiary/aromatic N) is 3. The molecule has 1 fully saturated rings. The van der Waals surface area contributed by atoms with Gasteiger partial charge in [-0.2, -0.15) is 43.9 Å². The van der Waals surface area contributed by atoms with E-state index in [9.17, 15) is 56.9 Å². The summed E-state index contributed by atoms with van der Waals surface area (Å²) in [7, 11) is -5.46. The summed E-state index contributed by atoms with van der Waals surface area (Å²) in [6, 6.07) is -13.9. The highest BCUT2D eigenvalue weighted by Crippen LogP contribution is 2.59. The van der Waals surface area contributed by atoms with Crippen molar-refractivity contribution in [1.29, 1.82) is 0 Å². The van der Waals surface area contributed by atoms with Crippen LogP contribution in [-0.4, -0.2) is 52.1 Å². The van der Waals surface area contributed by atoms with Crippen molar-refractivity contribution < 1.29 is 66.2 Å². The first-order chi connectivity index (χ1) is 12.6. The number of hydrogen-bond acceptors (Lipinski definition) is 5. The first kappa shape index (κ1) is 25.4. The Morgan fingerprint density at radius 1 is 1.03 bits per heavy atom. The molecule has 0 radical (unpaired) electrons. The van der Waals surface area contributed by atoms with Crippen LogP contribution in [0.3, 0.4) is 0 Å². The molecule has 1 aromatic heterocycles. The molecular weight excluding hydrogens is 460 g/mol. The number of morpholine rings is 1. The first-order valence-corrected chi connectivity index (χ1v) is 8.42. The summed E-state index contributed by atoms with van der Waals surface area (Å²) in [5.41, 5.74) is 0. The lowest BCUT2D eigenvalue weighted by Gasteiger charge is -2.49. The fourth-order valence-corrected chi connectivity index (χ4v) is 2.30. The minimum absolute atomic E-state index is 1.06. The van der Waals surface area contributed by atoms with Gasteiger partial charge in [-0.05, 0) is 6.92 Å². The maximum atomic E-state index is 12.9. The average molecular weight is 471 g/mol. The number of aryl methyl sites for hydroxylation is 2. The number of alkyl halides is 10. The normalized spacial score (nSPS) is 23.2. The van der Waals surface area contributed by atoms with Crippen LogP contribution >= 0.6 is 0 Å². The third kappa shape index (κ3) is 4.29. The zero-order chi connectivity index (χ0) is 23.3. The Labute approximate surface area is 155 Å². The second-order valence-electron chi connectivity index (χ2n) is 5.40.